The number of morpholine rings is 1. The predicted molar refractivity (Wildman–Crippen MR) is 114 cm³/mol. The fraction of sp³-hybridized carbons (Fsp3) is 0.682. The quantitative estimate of drug-likeness (QED) is 0.292. The van der Waals surface area contributed by atoms with Crippen LogP contribution >= 0.6 is 0 Å². The van der Waals surface area contributed by atoms with Gasteiger partial charge < -0.3 is 30.7 Å². The first-order chi connectivity index (χ1) is 13.8. The van der Waals surface area contributed by atoms with E-state index in [0.717, 1.165) is 5.56 Å². The van der Waals surface area contributed by atoms with Gasteiger partial charge in [0, 0.05) is 24.9 Å². The third-order valence-electron chi connectivity index (χ3n) is 5.77. The van der Waals surface area contributed by atoms with Crippen molar-refractivity contribution < 1.29 is 19.3 Å². The van der Waals surface area contributed by atoms with Gasteiger partial charge in [-0.3, -0.25) is 4.79 Å². The fourth-order valence-electron chi connectivity index (χ4n) is 3.75. The molecule has 29 heavy (non-hydrogen) atoms. The summed E-state index contributed by atoms with van der Waals surface area (Å²) in [7, 11) is 0. The molecule has 3 atom stereocenters. The summed E-state index contributed by atoms with van der Waals surface area (Å²) in [5, 5.41) is 26.0. The van der Waals surface area contributed by atoms with E-state index in [1.54, 1.807) is 0 Å². The van der Waals surface area contributed by atoms with Gasteiger partial charge >= 0.3 is 0 Å². The summed E-state index contributed by atoms with van der Waals surface area (Å²) in [5.74, 6) is -0.304. The van der Waals surface area contributed by atoms with Crippen LogP contribution in [0, 0.1) is 17.0 Å². The number of aliphatic hydroxyl groups is 1. The van der Waals surface area contributed by atoms with E-state index in [9.17, 15) is 15.1 Å². The summed E-state index contributed by atoms with van der Waals surface area (Å²) >= 11 is 0. The molecule has 1 aromatic rings. The minimum Gasteiger partial charge on any atom is -0.633 e. The van der Waals surface area contributed by atoms with Crippen LogP contribution in [-0.2, 0) is 16.0 Å². The number of hydrogen-bond donors (Lipinski definition) is 3. The minimum absolute atomic E-state index is 0.0783. The number of quaternary nitrogens is 1. The molecule has 4 N–H and O–H groups in total. The summed E-state index contributed by atoms with van der Waals surface area (Å²) in [5.41, 5.74) is 7.26. The molecule has 0 aromatic heterocycles. The lowest BCUT2D eigenvalue weighted by Crippen LogP contribution is -2.51. The third-order valence-corrected chi connectivity index (χ3v) is 5.77. The number of hydrogen-bond acceptors (Lipinski definition) is 5. The van der Waals surface area contributed by atoms with Crippen LogP contribution < -0.4 is 11.1 Å². The summed E-state index contributed by atoms with van der Waals surface area (Å²) in [6.45, 7) is 6.88. The Morgan fingerprint density at radius 3 is 2.55 bits per heavy atom. The van der Waals surface area contributed by atoms with Crippen LogP contribution in [0.2, 0.25) is 0 Å². The Morgan fingerprint density at radius 1 is 1.28 bits per heavy atom. The third kappa shape index (κ3) is 8.03. The van der Waals surface area contributed by atoms with E-state index in [1.807, 2.05) is 44.2 Å². The maximum absolute atomic E-state index is 12.7. The highest BCUT2D eigenvalue weighted by atomic mass is 16.6. The topological polar surface area (TPSA) is 108 Å². The van der Waals surface area contributed by atoms with Crippen LogP contribution in [0.5, 0.6) is 0 Å². The summed E-state index contributed by atoms with van der Waals surface area (Å²) < 4.78 is 5.00. The van der Waals surface area contributed by atoms with Crippen molar-refractivity contribution in [1.29, 1.82) is 0 Å². The Labute approximate surface area is 174 Å². The number of amides is 1. The molecule has 0 unspecified atom stereocenters. The first-order valence-corrected chi connectivity index (χ1v) is 10.7. The molecule has 1 heterocycles. The Hall–Kier alpha value is -1.51. The molecule has 1 saturated heterocycles. The predicted octanol–water partition coefficient (Wildman–Crippen LogP) is 1.43. The molecule has 1 aliphatic heterocycles. The number of hydroxylamine groups is 3. The Morgan fingerprint density at radius 2 is 1.93 bits per heavy atom. The van der Waals surface area contributed by atoms with Gasteiger partial charge in [-0.15, -0.1) is 0 Å². The van der Waals surface area contributed by atoms with Crippen LogP contribution in [0.4, 0.5) is 0 Å². The van der Waals surface area contributed by atoms with Crippen molar-refractivity contribution >= 4 is 5.91 Å². The Balaban J connectivity index is 1.77. The van der Waals surface area contributed by atoms with Crippen molar-refractivity contribution in [1.82, 2.24) is 5.32 Å². The van der Waals surface area contributed by atoms with Gasteiger partial charge in [-0.2, -0.15) is 0 Å². The number of nitrogens with one attached hydrogen (secondary N) is 1. The largest absolute Gasteiger partial charge is 0.633 e. The van der Waals surface area contributed by atoms with Gasteiger partial charge in [-0.25, -0.2) is 0 Å². The van der Waals surface area contributed by atoms with E-state index in [2.05, 4.69) is 5.32 Å². The van der Waals surface area contributed by atoms with E-state index in [1.165, 1.54) is 0 Å². The van der Waals surface area contributed by atoms with Crippen LogP contribution in [0.15, 0.2) is 30.3 Å². The summed E-state index contributed by atoms with van der Waals surface area (Å²) in [6, 6.07) is 9.39. The molecule has 164 valence electrons. The summed E-state index contributed by atoms with van der Waals surface area (Å²) in [6.07, 6.45) is 0.783. The average molecular weight is 408 g/mol. The number of rotatable bonds is 11. The number of ether oxygens (including phenoxy) is 1. The molecule has 2 rings (SSSR count). The molecule has 0 saturated carbocycles. The van der Waals surface area contributed by atoms with Crippen LogP contribution in [0.3, 0.4) is 0 Å². The van der Waals surface area contributed by atoms with Crippen molar-refractivity contribution in [2.75, 3.05) is 39.4 Å². The smallest absolute Gasteiger partial charge is 0.223 e. The molecule has 7 nitrogen and oxygen atoms in total. The monoisotopic (exact) mass is 407 g/mol. The van der Waals surface area contributed by atoms with Crippen LogP contribution in [-0.4, -0.2) is 67.2 Å². The minimum atomic E-state index is -0.753. The maximum atomic E-state index is 12.7. The second kappa shape index (κ2) is 11.6. The number of nitrogens with two attached hydrogens (primary N) is 1. The Bertz CT molecular complexity index is 605. The normalized spacial score (nSPS) is 19.5. The first kappa shape index (κ1) is 23.8. The highest BCUT2D eigenvalue weighted by molar-refractivity contribution is 5.78. The molecule has 1 amide bonds. The zero-order chi connectivity index (χ0) is 21.3. The molecule has 1 aromatic carbocycles. The number of carbonyl (C=O) groups is 1. The van der Waals surface area contributed by atoms with E-state index in [-0.39, 0.29) is 22.4 Å². The molecule has 1 fully saturated rings. The van der Waals surface area contributed by atoms with Crippen molar-refractivity contribution in [3.8, 4) is 0 Å². The van der Waals surface area contributed by atoms with E-state index in [4.69, 9.17) is 10.5 Å². The second-order valence-electron chi connectivity index (χ2n) is 8.49. The number of benzene rings is 1. The maximum Gasteiger partial charge on any atom is 0.223 e. The first-order valence-electron chi connectivity index (χ1n) is 10.7. The van der Waals surface area contributed by atoms with Gasteiger partial charge in [-0.1, -0.05) is 44.2 Å². The van der Waals surface area contributed by atoms with Gasteiger partial charge in [0.2, 0.25) is 5.91 Å². The van der Waals surface area contributed by atoms with Gasteiger partial charge in [0.1, 0.15) is 13.1 Å². The second-order valence-corrected chi connectivity index (χ2v) is 8.49. The van der Waals surface area contributed by atoms with Crippen molar-refractivity contribution in [2.24, 2.45) is 17.6 Å². The van der Waals surface area contributed by atoms with Gasteiger partial charge in [-0.05, 0) is 24.3 Å². The number of nitrogens with zero attached hydrogens (tertiary/aromatic N) is 1. The van der Waals surface area contributed by atoms with Gasteiger partial charge in [0.25, 0.3) is 0 Å². The fourth-order valence-corrected chi connectivity index (χ4v) is 3.75. The number of carbonyl (C=O) groups excluding carboxylic acids is 1. The van der Waals surface area contributed by atoms with E-state index >= 15 is 0 Å². The molecule has 1 aliphatic rings. The SMILES string of the molecule is CC(C)[C@H](C[C@H](O)[C@@H](N)Cc1ccccc1)C(=O)NCCC[N+]1([O-])CCOCC1. The van der Waals surface area contributed by atoms with Crippen molar-refractivity contribution in [3.63, 3.8) is 0 Å². The lowest BCUT2D eigenvalue weighted by molar-refractivity contribution is -0.888. The van der Waals surface area contributed by atoms with Crippen LogP contribution in [0.1, 0.15) is 32.3 Å². The average Bonchev–Trinajstić information content (AvgIpc) is 2.70. The van der Waals surface area contributed by atoms with E-state index in [0.29, 0.717) is 58.7 Å². The summed E-state index contributed by atoms with van der Waals surface area (Å²) in [4.78, 5) is 12.7. The van der Waals surface area contributed by atoms with E-state index < -0.39 is 12.1 Å². The number of aliphatic hydroxyl groups excluding tert-OH is 1. The Kier molecular flexibility index (Phi) is 9.52. The molecule has 0 bridgehead atoms. The zero-order valence-electron chi connectivity index (χ0n) is 17.8. The van der Waals surface area contributed by atoms with Gasteiger partial charge in [0.05, 0.1) is 25.9 Å². The molecule has 0 aliphatic carbocycles. The molecule has 0 spiro atoms. The molecular weight excluding hydrogens is 370 g/mol. The zero-order valence-corrected chi connectivity index (χ0v) is 17.8. The molecule has 0 radical (unpaired) electrons. The highest BCUT2D eigenvalue weighted by Gasteiger charge is 2.28. The lowest BCUT2D eigenvalue weighted by atomic mass is 9.86. The highest BCUT2D eigenvalue weighted by Crippen LogP contribution is 2.20. The molecular formula is C22H37N3O4. The standard InChI is InChI=1S/C22H37N3O4/c1-17(2)19(16-21(26)20(23)15-18-7-4-3-5-8-18)22(27)24-9-6-10-25(28)11-13-29-14-12-25/h3-5,7-8,17,19-21,26H,6,9-16,23H2,1-2H3,(H,24,27)/t19-,20-,21-/m0/s1. The van der Waals surface area contributed by atoms with Crippen molar-refractivity contribution in [2.45, 2.75) is 45.3 Å². The van der Waals surface area contributed by atoms with Crippen molar-refractivity contribution in [3.05, 3.63) is 41.1 Å². The van der Waals surface area contributed by atoms with Crippen LogP contribution in [0.25, 0.3) is 0 Å². The lowest BCUT2D eigenvalue weighted by Gasteiger charge is -2.45. The van der Waals surface area contributed by atoms with Gasteiger partial charge in [0.15, 0.2) is 0 Å². The molecule has 7 heteroatoms.